The highest BCUT2D eigenvalue weighted by molar-refractivity contribution is 5.13. The van der Waals surface area contributed by atoms with Gasteiger partial charge in [0, 0.05) is 18.9 Å². The van der Waals surface area contributed by atoms with Crippen LogP contribution in [0, 0.1) is 11.8 Å². The molecule has 2 heteroatoms. The molecule has 0 saturated carbocycles. The van der Waals surface area contributed by atoms with E-state index in [1.165, 1.54) is 5.57 Å². The SMILES string of the molecule is C=C(C)[C@H]1CCC(OC)=CC1C(C)OCC. The molecule has 0 amide bonds. The Kier molecular flexibility index (Phi) is 5.07. The highest BCUT2D eigenvalue weighted by Crippen LogP contribution is 2.36. The minimum absolute atomic E-state index is 0.233. The maximum absolute atomic E-state index is 5.71. The molecule has 1 rings (SSSR count). The molecule has 16 heavy (non-hydrogen) atoms. The van der Waals surface area contributed by atoms with E-state index >= 15 is 0 Å². The van der Waals surface area contributed by atoms with E-state index in [9.17, 15) is 0 Å². The number of ether oxygens (including phenoxy) is 2. The number of methoxy groups -OCH3 is 1. The van der Waals surface area contributed by atoms with Crippen molar-refractivity contribution in [3.05, 3.63) is 24.0 Å². The molecule has 1 aliphatic rings. The fourth-order valence-electron chi connectivity index (χ4n) is 2.49. The summed E-state index contributed by atoms with van der Waals surface area (Å²) in [6, 6.07) is 0. The van der Waals surface area contributed by atoms with Gasteiger partial charge in [0.2, 0.25) is 0 Å². The van der Waals surface area contributed by atoms with E-state index in [0.29, 0.717) is 11.8 Å². The average Bonchev–Trinajstić information content (AvgIpc) is 2.28. The fraction of sp³-hybridized carbons (Fsp3) is 0.714. The molecule has 0 radical (unpaired) electrons. The van der Waals surface area contributed by atoms with Crippen LogP contribution >= 0.6 is 0 Å². The maximum Gasteiger partial charge on any atom is 0.0919 e. The smallest absolute Gasteiger partial charge is 0.0919 e. The topological polar surface area (TPSA) is 18.5 Å². The standard InChI is InChI=1S/C14H24O2/c1-6-16-11(4)14-9-12(15-5)7-8-13(14)10(2)3/h9,11,13-14H,2,6-8H2,1,3-5H3/t11?,13-,14?/m1/s1. The highest BCUT2D eigenvalue weighted by atomic mass is 16.5. The molecular formula is C14H24O2. The quantitative estimate of drug-likeness (QED) is 0.665. The summed E-state index contributed by atoms with van der Waals surface area (Å²) in [6.07, 6.45) is 4.60. The molecule has 0 aromatic rings. The number of rotatable bonds is 5. The molecule has 0 bridgehead atoms. The lowest BCUT2D eigenvalue weighted by molar-refractivity contribution is 0.0275. The number of hydrogen-bond donors (Lipinski definition) is 0. The molecule has 0 fully saturated rings. The Labute approximate surface area is 99.3 Å². The van der Waals surface area contributed by atoms with Crippen molar-refractivity contribution in [3.63, 3.8) is 0 Å². The molecule has 0 heterocycles. The molecule has 1 aliphatic carbocycles. The molecule has 0 N–H and O–H groups in total. The second-order valence-electron chi connectivity index (χ2n) is 4.57. The van der Waals surface area contributed by atoms with Gasteiger partial charge in [0.15, 0.2) is 0 Å². The Bertz CT molecular complexity index is 268. The Morgan fingerprint density at radius 2 is 2.31 bits per heavy atom. The van der Waals surface area contributed by atoms with E-state index in [2.05, 4.69) is 26.5 Å². The van der Waals surface area contributed by atoms with Crippen molar-refractivity contribution < 1.29 is 9.47 Å². The van der Waals surface area contributed by atoms with Gasteiger partial charge in [0.25, 0.3) is 0 Å². The van der Waals surface area contributed by atoms with Gasteiger partial charge in [0.1, 0.15) is 0 Å². The van der Waals surface area contributed by atoms with Crippen LogP contribution in [0.25, 0.3) is 0 Å². The number of allylic oxidation sites excluding steroid dienone is 2. The van der Waals surface area contributed by atoms with Gasteiger partial charge >= 0.3 is 0 Å². The first-order valence-electron chi connectivity index (χ1n) is 6.11. The molecule has 0 saturated heterocycles. The van der Waals surface area contributed by atoms with E-state index in [1.54, 1.807) is 7.11 Å². The zero-order valence-corrected chi connectivity index (χ0v) is 11.0. The summed E-state index contributed by atoms with van der Waals surface area (Å²) in [5, 5.41) is 0. The van der Waals surface area contributed by atoms with E-state index in [-0.39, 0.29) is 6.10 Å². The van der Waals surface area contributed by atoms with Crippen LogP contribution in [0.15, 0.2) is 24.0 Å². The summed E-state index contributed by atoms with van der Waals surface area (Å²) in [6.45, 7) is 11.1. The maximum atomic E-state index is 5.71. The Hall–Kier alpha value is -0.760. The zero-order valence-electron chi connectivity index (χ0n) is 11.0. The lowest BCUT2D eigenvalue weighted by Crippen LogP contribution is -2.30. The molecule has 0 spiro atoms. The second-order valence-corrected chi connectivity index (χ2v) is 4.57. The van der Waals surface area contributed by atoms with Gasteiger partial charge in [-0.05, 0) is 39.2 Å². The highest BCUT2D eigenvalue weighted by Gasteiger charge is 2.30. The predicted octanol–water partition coefficient (Wildman–Crippen LogP) is 3.54. The third-order valence-electron chi connectivity index (χ3n) is 3.41. The summed E-state index contributed by atoms with van der Waals surface area (Å²) in [5.74, 6) is 2.02. The average molecular weight is 224 g/mol. The van der Waals surface area contributed by atoms with Crippen LogP contribution in [0.4, 0.5) is 0 Å². The summed E-state index contributed by atoms with van der Waals surface area (Å²) in [5.41, 5.74) is 1.25. The molecule has 2 unspecified atom stereocenters. The lowest BCUT2D eigenvalue weighted by atomic mass is 9.77. The summed E-state index contributed by atoms with van der Waals surface area (Å²) >= 11 is 0. The molecule has 0 aliphatic heterocycles. The van der Waals surface area contributed by atoms with Crippen LogP contribution in [0.2, 0.25) is 0 Å². The molecule has 92 valence electrons. The van der Waals surface area contributed by atoms with Gasteiger partial charge < -0.3 is 9.47 Å². The normalized spacial score (nSPS) is 27.1. The zero-order chi connectivity index (χ0) is 12.1. The van der Waals surface area contributed by atoms with Crippen LogP contribution < -0.4 is 0 Å². The van der Waals surface area contributed by atoms with Crippen LogP contribution in [0.5, 0.6) is 0 Å². The first-order chi connectivity index (χ1) is 7.60. The third kappa shape index (κ3) is 3.11. The molecule has 0 aromatic heterocycles. The summed E-state index contributed by atoms with van der Waals surface area (Å²) in [4.78, 5) is 0. The van der Waals surface area contributed by atoms with E-state index in [1.807, 2.05) is 6.92 Å². The van der Waals surface area contributed by atoms with Crippen LogP contribution in [-0.2, 0) is 9.47 Å². The Morgan fingerprint density at radius 3 is 2.81 bits per heavy atom. The molecule has 0 aromatic carbocycles. The minimum Gasteiger partial charge on any atom is -0.501 e. The monoisotopic (exact) mass is 224 g/mol. The van der Waals surface area contributed by atoms with Crippen molar-refractivity contribution in [2.45, 2.75) is 39.7 Å². The van der Waals surface area contributed by atoms with Crippen LogP contribution in [0.1, 0.15) is 33.6 Å². The third-order valence-corrected chi connectivity index (χ3v) is 3.41. The molecule has 3 atom stereocenters. The first kappa shape index (κ1) is 13.3. The Morgan fingerprint density at radius 1 is 1.62 bits per heavy atom. The van der Waals surface area contributed by atoms with Gasteiger partial charge in [-0.2, -0.15) is 0 Å². The number of hydrogen-bond acceptors (Lipinski definition) is 2. The van der Waals surface area contributed by atoms with Gasteiger partial charge in [-0.3, -0.25) is 0 Å². The summed E-state index contributed by atoms with van der Waals surface area (Å²) < 4.78 is 11.1. The van der Waals surface area contributed by atoms with Gasteiger partial charge in [-0.15, -0.1) is 0 Å². The van der Waals surface area contributed by atoms with E-state index in [0.717, 1.165) is 25.2 Å². The van der Waals surface area contributed by atoms with Crippen molar-refractivity contribution in [1.82, 2.24) is 0 Å². The first-order valence-corrected chi connectivity index (χ1v) is 6.11. The van der Waals surface area contributed by atoms with Crippen molar-refractivity contribution >= 4 is 0 Å². The van der Waals surface area contributed by atoms with Crippen molar-refractivity contribution in [2.24, 2.45) is 11.8 Å². The fourth-order valence-corrected chi connectivity index (χ4v) is 2.49. The minimum atomic E-state index is 0.233. The van der Waals surface area contributed by atoms with Crippen molar-refractivity contribution in [1.29, 1.82) is 0 Å². The second kappa shape index (κ2) is 6.09. The summed E-state index contributed by atoms with van der Waals surface area (Å²) in [7, 11) is 1.75. The van der Waals surface area contributed by atoms with Crippen LogP contribution in [0.3, 0.4) is 0 Å². The molecular weight excluding hydrogens is 200 g/mol. The van der Waals surface area contributed by atoms with Crippen LogP contribution in [-0.4, -0.2) is 19.8 Å². The van der Waals surface area contributed by atoms with Gasteiger partial charge in [-0.1, -0.05) is 12.2 Å². The van der Waals surface area contributed by atoms with Crippen molar-refractivity contribution in [3.8, 4) is 0 Å². The van der Waals surface area contributed by atoms with Crippen molar-refractivity contribution in [2.75, 3.05) is 13.7 Å². The van der Waals surface area contributed by atoms with Gasteiger partial charge in [0.05, 0.1) is 19.0 Å². The Balaban J connectivity index is 2.81. The van der Waals surface area contributed by atoms with E-state index in [4.69, 9.17) is 9.47 Å². The lowest BCUT2D eigenvalue weighted by Gasteiger charge is -2.34. The van der Waals surface area contributed by atoms with Gasteiger partial charge in [-0.25, -0.2) is 0 Å². The van der Waals surface area contributed by atoms with E-state index < -0.39 is 0 Å². The largest absolute Gasteiger partial charge is 0.501 e. The molecule has 2 nitrogen and oxygen atoms in total. The predicted molar refractivity (Wildman–Crippen MR) is 67.2 cm³/mol.